The van der Waals surface area contributed by atoms with E-state index in [1.54, 1.807) is 13.1 Å². The lowest BCUT2D eigenvalue weighted by Gasteiger charge is -2.04. The van der Waals surface area contributed by atoms with Crippen molar-refractivity contribution in [2.24, 2.45) is 0 Å². The van der Waals surface area contributed by atoms with E-state index in [-0.39, 0.29) is 18.0 Å². The van der Waals surface area contributed by atoms with Gasteiger partial charge in [0.2, 0.25) is 0 Å². The molecular weight excluding hydrogens is 261 g/mol. The van der Waals surface area contributed by atoms with Crippen LogP contribution in [0, 0.1) is 5.82 Å². The second kappa shape index (κ2) is 5.98. The largest absolute Gasteiger partial charge is 0.319 e. The van der Waals surface area contributed by atoms with E-state index in [0.717, 1.165) is 4.47 Å². The first-order valence-electron chi connectivity index (χ1n) is 4.73. The van der Waals surface area contributed by atoms with Crippen molar-refractivity contribution >= 4 is 21.7 Å². The van der Waals surface area contributed by atoms with Crippen molar-refractivity contribution in [2.75, 3.05) is 13.6 Å². The number of Topliss-reactive ketones (excluding diaryl/α,β-unsaturated/α-hetero) is 1. The average molecular weight is 274 g/mol. The Kier molecular flexibility index (Phi) is 4.91. The molecule has 1 rings (SSSR count). The second-order valence-corrected chi connectivity index (χ2v) is 4.16. The van der Waals surface area contributed by atoms with Gasteiger partial charge in [0.05, 0.1) is 0 Å². The molecule has 1 aromatic rings. The van der Waals surface area contributed by atoms with Gasteiger partial charge in [0, 0.05) is 23.9 Å². The number of nitrogens with one attached hydrogen (secondary N) is 1. The Labute approximate surface area is 97.0 Å². The molecule has 0 aromatic heterocycles. The number of carbonyl (C=O) groups excluding carboxylic acids is 1. The van der Waals surface area contributed by atoms with Crippen molar-refractivity contribution in [3.63, 3.8) is 0 Å². The highest BCUT2D eigenvalue weighted by Crippen LogP contribution is 2.18. The van der Waals surface area contributed by atoms with Crippen molar-refractivity contribution < 1.29 is 9.18 Å². The molecule has 4 heteroatoms. The first kappa shape index (κ1) is 12.3. The summed E-state index contributed by atoms with van der Waals surface area (Å²) in [5.41, 5.74) is 0.705. The standard InChI is InChI=1S/C11H13BrFNO/c1-14-5-4-10(15)7-8-6-9(13)2-3-11(8)12/h2-3,6,14H,4-5,7H2,1H3. The minimum atomic E-state index is -0.311. The van der Waals surface area contributed by atoms with E-state index in [0.29, 0.717) is 18.5 Å². The lowest BCUT2D eigenvalue weighted by molar-refractivity contribution is -0.118. The van der Waals surface area contributed by atoms with E-state index in [1.807, 2.05) is 0 Å². The van der Waals surface area contributed by atoms with E-state index < -0.39 is 0 Å². The molecule has 0 amide bonds. The zero-order valence-electron chi connectivity index (χ0n) is 8.52. The molecule has 0 aliphatic carbocycles. The Hall–Kier alpha value is -0.740. The topological polar surface area (TPSA) is 29.1 Å². The summed E-state index contributed by atoms with van der Waals surface area (Å²) in [6.07, 6.45) is 0.749. The summed E-state index contributed by atoms with van der Waals surface area (Å²) in [4.78, 5) is 11.5. The molecule has 0 bridgehead atoms. The first-order valence-corrected chi connectivity index (χ1v) is 5.53. The molecule has 2 nitrogen and oxygen atoms in total. The van der Waals surface area contributed by atoms with Gasteiger partial charge in [0.15, 0.2) is 0 Å². The summed E-state index contributed by atoms with van der Waals surface area (Å²) in [5.74, 6) is -0.203. The van der Waals surface area contributed by atoms with Crippen LogP contribution in [0.2, 0.25) is 0 Å². The van der Waals surface area contributed by atoms with Crippen LogP contribution >= 0.6 is 15.9 Å². The van der Waals surface area contributed by atoms with Crippen molar-refractivity contribution in [1.29, 1.82) is 0 Å². The van der Waals surface area contributed by atoms with E-state index in [2.05, 4.69) is 21.2 Å². The van der Waals surface area contributed by atoms with Gasteiger partial charge in [0.25, 0.3) is 0 Å². The predicted octanol–water partition coefficient (Wildman–Crippen LogP) is 2.31. The fraction of sp³-hybridized carbons (Fsp3) is 0.364. The van der Waals surface area contributed by atoms with Gasteiger partial charge < -0.3 is 5.32 Å². The van der Waals surface area contributed by atoms with E-state index in [4.69, 9.17) is 0 Å². The van der Waals surface area contributed by atoms with Crippen LogP contribution in [0.5, 0.6) is 0 Å². The molecule has 0 saturated carbocycles. The number of benzene rings is 1. The number of hydrogen-bond acceptors (Lipinski definition) is 2. The van der Waals surface area contributed by atoms with E-state index in [9.17, 15) is 9.18 Å². The maximum atomic E-state index is 12.9. The van der Waals surface area contributed by atoms with E-state index >= 15 is 0 Å². The van der Waals surface area contributed by atoms with Gasteiger partial charge in [-0.15, -0.1) is 0 Å². The van der Waals surface area contributed by atoms with Crippen LogP contribution in [0.15, 0.2) is 22.7 Å². The average Bonchev–Trinajstić information content (AvgIpc) is 2.20. The molecule has 0 spiro atoms. The van der Waals surface area contributed by atoms with Crippen molar-refractivity contribution in [1.82, 2.24) is 5.32 Å². The third kappa shape index (κ3) is 4.10. The molecule has 1 N–H and O–H groups in total. The normalized spacial score (nSPS) is 10.3. The first-order chi connectivity index (χ1) is 7.13. The highest BCUT2D eigenvalue weighted by molar-refractivity contribution is 9.10. The second-order valence-electron chi connectivity index (χ2n) is 3.30. The molecule has 0 unspecified atom stereocenters. The lowest BCUT2D eigenvalue weighted by atomic mass is 10.1. The maximum Gasteiger partial charge on any atom is 0.138 e. The Morgan fingerprint density at radius 1 is 1.53 bits per heavy atom. The zero-order valence-corrected chi connectivity index (χ0v) is 10.1. The predicted molar refractivity (Wildman–Crippen MR) is 61.4 cm³/mol. The summed E-state index contributed by atoms with van der Waals surface area (Å²) in [7, 11) is 1.80. The monoisotopic (exact) mass is 273 g/mol. The van der Waals surface area contributed by atoms with Crippen LogP contribution in [0.4, 0.5) is 4.39 Å². The molecule has 0 radical (unpaired) electrons. The lowest BCUT2D eigenvalue weighted by Crippen LogP contribution is -2.14. The molecule has 0 fully saturated rings. The Balaban J connectivity index is 2.63. The van der Waals surface area contributed by atoms with Gasteiger partial charge in [-0.1, -0.05) is 15.9 Å². The summed E-state index contributed by atoms with van der Waals surface area (Å²) in [5, 5.41) is 2.90. The third-order valence-corrected chi connectivity index (χ3v) is 2.82. The minimum absolute atomic E-state index is 0.107. The number of carbonyl (C=O) groups is 1. The van der Waals surface area contributed by atoms with E-state index in [1.165, 1.54) is 12.1 Å². The van der Waals surface area contributed by atoms with Crippen LogP contribution < -0.4 is 5.32 Å². The van der Waals surface area contributed by atoms with Crippen LogP contribution in [-0.2, 0) is 11.2 Å². The Morgan fingerprint density at radius 2 is 2.27 bits per heavy atom. The Morgan fingerprint density at radius 3 is 2.93 bits per heavy atom. The molecule has 0 saturated heterocycles. The highest BCUT2D eigenvalue weighted by atomic mass is 79.9. The summed E-state index contributed by atoms with van der Waals surface area (Å²) >= 11 is 3.29. The van der Waals surface area contributed by atoms with Gasteiger partial charge in [-0.2, -0.15) is 0 Å². The van der Waals surface area contributed by atoms with Gasteiger partial charge in [-0.3, -0.25) is 4.79 Å². The number of hydrogen-bond donors (Lipinski definition) is 1. The fourth-order valence-corrected chi connectivity index (χ4v) is 1.63. The number of ketones is 1. The van der Waals surface area contributed by atoms with Crippen LogP contribution in [0.1, 0.15) is 12.0 Å². The zero-order chi connectivity index (χ0) is 11.3. The number of halogens is 2. The SMILES string of the molecule is CNCCC(=O)Cc1cc(F)ccc1Br. The van der Waals surface area contributed by atoms with Crippen molar-refractivity contribution in [3.8, 4) is 0 Å². The van der Waals surface area contributed by atoms with Crippen LogP contribution in [-0.4, -0.2) is 19.4 Å². The van der Waals surface area contributed by atoms with Gasteiger partial charge in [-0.25, -0.2) is 4.39 Å². The van der Waals surface area contributed by atoms with Gasteiger partial charge >= 0.3 is 0 Å². The Bertz CT molecular complexity index is 354. The molecule has 82 valence electrons. The van der Waals surface area contributed by atoms with Crippen molar-refractivity contribution in [3.05, 3.63) is 34.1 Å². The molecule has 0 atom stereocenters. The molecular formula is C11H13BrFNO. The third-order valence-electron chi connectivity index (χ3n) is 2.05. The molecule has 15 heavy (non-hydrogen) atoms. The number of rotatable bonds is 5. The van der Waals surface area contributed by atoms with Crippen LogP contribution in [0.25, 0.3) is 0 Å². The van der Waals surface area contributed by atoms with Gasteiger partial charge in [-0.05, 0) is 30.8 Å². The smallest absolute Gasteiger partial charge is 0.138 e. The molecule has 1 aromatic carbocycles. The summed E-state index contributed by atoms with van der Waals surface area (Å²) < 4.78 is 13.7. The van der Waals surface area contributed by atoms with Crippen molar-refractivity contribution in [2.45, 2.75) is 12.8 Å². The van der Waals surface area contributed by atoms with Gasteiger partial charge in [0.1, 0.15) is 11.6 Å². The highest BCUT2D eigenvalue weighted by Gasteiger charge is 2.07. The van der Waals surface area contributed by atoms with Crippen LogP contribution in [0.3, 0.4) is 0 Å². The molecule has 0 heterocycles. The molecule has 0 aliphatic rings. The minimum Gasteiger partial charge on any atom is -0.319 e. The summed E-state index contributed by atoms with van der Waals surface area (Å²) in [6, 6.07) is 4.38. The quantitative estimate of drug-likeness (QED) is 0.892. The summed E-state index contributed by atoms with van der Waals surface area (Å²) in [6.45, 7) is 0.659. The maximum absolute atomic E-state index is 12.9. The fourth-order valence-electron chi connectivity index (χ4n) is 1.24. The molecule has 0 aliphatic heterocycles.